The van der Waals surface area contributed by atoms with Crippen molar-refractivity contribution in [2.45, 2.75) is 13.8 Å². The lowest BCUT2D eigenvalue weighted by Gasteiger charge is -2.36. The van der Waals surface area contributed by atoms with E-state index < -0.39 is 0 Å². The van der Waals surface area contributed by atoms with Crippen molar-refractivity contribution in [1.82, 2.24) is 29.6 Å². The van der Waals surface area contributed by atoms with Gasteiger partial charge in [0, 0.05) is 63.1 Å². The van der Waals surface area contributed by atoms with Crippen molar-refractivity contribution in [3.8, 4) is 11.8 Å². The molecule has 3 aromatic heterocycles. The topological polar surface area (TPSA) is 151 Å². The van der Waals surface area contributed by atoms with Crippen LogP contribution in [0.1, 0.15) is 24.0 Å². The van der Waals surface area contributed by atoms with Crippen LogP contribution >= 0.6 is 0 Å². The van der Waals surface area contributed by atoms with Crippen LogP contribution in [0.15, 0.2) is 22.9 Å². The molecule has 1 aromatic carbocycles. The summed E-state index contributed by atoms with van der Waals surface area (Å²) in [5.74, 6) is 5.77. The summed E-state index contributed by atoms with van der Waals surface area (Å²) in [7, 11) is 0. The zero-order valence-corrected chi connectivity index (χ0v) is 19.6. The summed E-state index contributed by atoms with van der Waals surface area (Å²) in [4.78, 5) is 12.4. The first-order chi connectivity index (χ1) is 16.9. The van der Waals surface area contributed by atoms with E-state index in [0.29, 0.717) is 34.9 Å². The number of benzene rings is 1. The molecule has 0 bridgehead atoms. The highest BCUT2D eigenvalue weighted by Gasteiger charge is 2.20. The van der Waals surface area contributed by atoms with Gasteiger partial charge in [0.2, 0.25) is 11.8 Å². The van der Waals surface area contributed by atoms with E-state index in [1.54, 1.807) is 6.92 Å². The Balaban J connectivity index is 0.000000172. The molecule has 4 heterocycles. The molecule has 12 heteroatoms. The first kappa shape index (κ1) is 24.1. The Hall–Kier alpha value is -4.08. The molecule has 0 saturated carbocycles. The zero-order valence-electron chi connectivity index (χ0n) is 19.6. The standard InChI is InChI=1S/C14H19FN4O.C9H8N6/c1-10-11-8-13(12(15)9-14(11)20-17-10)19-6-4-18(3-2-16)5-7-19;1-2-3-7-13-8-6(4-10)5-12-9(11)15(8)14-7/h8-9H,2-7,16H2,1H3;4-5,10H,1H3,(H2,11,12). The Morgan fingerprint density at radius 1 is 1.26 bits per heavy atom. The molecule has 0 unspecified atom stereocenters. The molecule has 4 aromatic rings. The third-order valence-corrected chi connectivity index (χ3v) is 5.69. The minimum absolute atomic E-state index is 0.229. The maximum Gasteiger partial charge on any atom is 0.226 e. The van der Waals surface area contributed by atoms with Crippen molar-refractivity contribution in [1.29, 1.82) is 5.41 Å². The highest BCUT2D eigenvalue weighted by atomic mass is 19.1. The summed E-state index contributed by atoms with van der Waals surface area (Å²) in [5.41, 5.74) is 14.2. The summed E-state index contributed by atoms with van der Waals surface area (Å²) >= 11 is 0. The molecular formula is C23H27FN10O. The molecule has 5 N–H and O–H groups in total. The Morgan fingerprint density at radius 3 is 2.71 bits per heavy atom. The number of fused-ring (bicyclic) bond motifs is 2. The zero-order chi connectivity index (χ0) is 24.9. The van der Waals surface area contributed by atoms with E-state index in [0.717, 1.165) is 50.0 Å². The quantitative estimate of drug-likeness (QED) is 0.292. The van der Waals surface area contributed by atoms with Crippen LogP contribution < -0.4 is 16.4 Å². The van der Waals surface area contributed by atoms with Crippen LogP contribution in [0.3, 0.4) is 0 Å². The van der Waals surface area contributed by atoms with Gasteiger partial charge in [-0.3, -0.25) is 4.90 Å². The van der Waals surface area contributed by atoms with Crippen molar-refractivity contribution in [2.24, 2.45) is 5.73 Å². The van der Waals surface area contributed by atoms with Gasteiger partial charge in [-0.25, -0.2) is 9.37 Å². The van der Waals surface area contributed by atoms with Gasteiger partial charge in [-0.15, -0.1) is 5.10 Å². The molecule has 1 aliphatic rings. The van der Waals surface area contributed by atoms with E-state index in [9.17, 15) is 4.39 Å². The normalized spacial score (nSPS) is 13.9. The Kier molecular flexibility index (Phi) is 7.19. The maximum atomic E-state index is 14.2. The third kappa shape index (κ3) is 5.06. The van der Waals surface area contributed by atoms with Crippen LogP contribution in [-0.4, -0.2) is 75.1 Å². The first-order valence-electron chi connectivity index (χ1n) is 11.1. The summed E-state index contributed by atoms with van der Waals surface area (Å²) in [5, 5.41) is 16.0. The largest absolute Gasteiger partial charge is 0.368 e. The second kappa shape index (κ2) is 10.5. The Labute approximate surface area is 201 Å². The second-order valence-electron chi connectivity index (χ2n) is 7.95. The minimum atomic E-state index is -0.249. The fraction of sp³-hybridized carbons (Fsp3) is 0.348. The molecule has 1 aliphatic heterocycles. The van der Waals surface area contributed by atoms with Crippen molar-refractivity contribution < 1.29 is 8.91 Å². The molecule has 11 nitrogen and oxygen atoms in total. The molecule has 0 atom stereocenters. The number of anilines is 2. The van der Waals surface area contributed by atoms with Crippen molar-refractivity contribution in [2.75, 3.05) is 49.9 Å². The predicted octanol–water partition coefficient (Wildman–Crippen LogP) is 1.43. The van der Waals surface area contributed by atoms with E-state index >= 15 is 0 Å². The average molecular weight is 479 g/mol. The molecule has 0 amide bonds. The number of halogens is 1. The fourth-order valence-electron chi connectivity index (χ4n) is 3.88. The van der Waals surface area contributed by atoms with Crippen LogP contribution in [0, 0.1) is 30.0 Å². The lowest BCUT2D eigenvalue weighted by atomic mass is 10.1. The number of rotatable bonds is 4. The monoisotopic (exact) mass is 478 g/mol. The number of nitrogens with one attached hydrogen (secondary N) is 1. The van der Waals surface area contributed by atoms with Crippen molar-refractivity contribution in [3.05, 3.63) is 41.2 Å². The number of hydrogen-bond acceptors (Lipinski definition) is 10. The SMILES string of the molecule is CC#Cc1nc2c(C=N)cnc(N)n2n1.Cc1noc2cc(F)c(N3CCN(CCN)CC3)cc12. The Morgan fingerprint density at radius 2 is 2.03 bits per heavy atom. The van der Waals surface area contributed by atoms with Gasteiger partial charge >= 0.3 is 0 Å². The van der Waals surface area contributed by atoms with Crippen LogP contribution in [0.2, 0.25) is 0 Å². The molecule has 0 aliphatic carbocycles. The van der Waals surface area contributed by atoms with Gasteiger partial charge in [0.05, 0.1) is 16.9 Å². The van der Waals surface area contributed by atoms with Gasteiger partial charge in [-0.2, -0.15) is 9.50 Å². The molecule has 182 valence electrons. The first-order valence-corrected chi connectivity index (χ1v) is 11.1. The lowest BCUT2D eigenvalue weighted by molar-refractivity contribution is 0.264. The number of nitrogens with zero attached hydrogens (tertiary/aromatic N) is 7. The number of nitrogen functional groups attached to an aromatic ring is 1. The maximum absolute atomic E-state index is 14.2. The molecule has 1 saturated heterocycles. The second-order valence-corrected chi connectivity index (χ2v) is 7.95. The van der Waals surface area contributed by atoms with Crippen molar-refractivity contribution >= 4 is 34.5 Å². The average Bonchev–Trinajstić information content (AvgIpc) is 3.44. The van der Waals surface area contributed by atoms with Gasteiger partial charge in [0.1, 0.15) is 5.82 Å². The molecule has 0 radical (unpaired) electrons. The lowest BCUT2D eigenvalue weighted by Crippen LogP contribution is -2.48. The van der Waals surface area contributed by atoms with Gasteiger partial charge in [-0.1, -0.05) is 11.1 Å². The molecule has 1 fully saturated rings. The summed E-state index contributed by atoms with van der Waals surface area (Å²) < 4.78 is 20.7. The summed E-state index contributed by atoms with van der Waals surface area (Å²) in [6.45, 7) is 8.59. The van der Waals surface area contributed by atoms with Gasteiger partial charge in [0.15, 0.2) is 11.2 Å². The van der Waals surface area contributed by atoms with Crippen LogP contribution in [-0.2, 0) is 0 Å². The van der Waals surface area contributed by atoms with E-state index in [1.165, 1.54) is 16.8 Å². The predicted molar refractivity (Wildman–Crippen MR) is 132 cm³/mol. The molecular weight excluding hydrogens is 451 g/mol. The number of aryl methyl sites for hydroxylation is 1. The molecule has 0 spiro atoms. The van der Waals surface area contributed by atoms with Gasteiger partial charge in [0.25, 0.3) is 0 Å². The van der Waals surface area contributed by atoms with E-state index in [2.05, 4.69) is 41.9 Å². The van der Waals surface area contributed by atoms with Gasteiger partial charge < -0.3 is 26.3 Å². The third-order valence-electron chi connectivity index (χ3n) is 5.69. The number of aromatic nitrogens is 5. The number of nitrogens with two attached hydrogens (primary N) is 2. The van der Waals surface area contributed by atoms with E-state index in [1.807, 2.05) is 13.0 Å². The Bertz CT molecular complexity index is 1410. The van der Waals surface area contributed by atoms with E-state index in [4.69, 9.17) is 21.4 Å². The summed E-state index contributed by atoms with van der Waals surface area (Å²) in [6, 6.07) is 3.27. The highest BCUT2D eigenvalue weighted by molar-refractivity contribution is 5.85. The molecule has 5 rings (SSSR count). The number of hydrogen-bond donors (Lipinski definition) is 3. The summed E-state index contributed by atoms with van der Waals surface area (Å²) in [6.07, 6.45) is 2.63. The minimum Gasteiger partial charge on any atom is -0.368 e. The van der Waals surface area contributed by atoms with Crippen LogP contribution in [0.4, 0.5) is 16.0 Å². The number of piperazine rings is 1. The molecule has 35 heavy (non-hydrogen) atoms. The fourth-order valence-corrected chi connectivity index (χ4v) is 3.88. The smallest absolute Gasteiger partial charge is 0.226 e. The van der Waals surface area contributed by atoms with Crippen LogP contribution in [0.25, 0.3) is 16.6 Å². The highest BCUT2D eigenvalue weighted by Crippen LogP contribution is 2.28. The van der Waals surface area contributed by atoms with E-state index in [-0.39, 0.29) is 11.8 Å². The van der Waals surface area contributed by atoms with Gasteiger partial charge in [-0.05, 0) is 25.8 Å². The van der Waals surface area contributed by atoms with Crippen LogP contribution in [0.5, 0.6) is 0 Å². The van der Waals surface area contributed by atoms with Crippen molar-refractivity contribution in [3.63, 3.8) is 0 Å².